The lowest BCUT2D eigenvalue weighted by molar-refractivity contribution is 0.283. The molecule has 1 heterocycles. The molecule has 35 heavy (non-hydrogen) atoms. The van der Waals surface area contributed by atoms with Crippen LogP contribution in [0, 0.1) is 3.57 Å². The summed E-state index contributed by atoms with van der Waals surface area (Å²) < 4.78 is 13.4. The predicted octanol–water partition coefficient (Wildman–Crippen LogP) is 4.92. The van der Waals surface area contributed by atoms with Gasteiger partial charge in [-0.3, -0.25) is 4.79 Å². The number of methoxy groups -OCH3 is 1. The van der Waals surface area contributed by atoms with Crippen LogP contribution in [0.5, 0.6) is 11.5 Å². The minimum atomic E-state index is -0.610. The van der Waals surface area contributed by atoms with Crippen molar-refractivity contribution in [2.24, 2.45) is 5.10 Å². The third-order valence-corrected chi connectivity index (χ3v) is 6.41. The van der Waals surface area contributed by atoms with E-state index < -0.39 is 11.2 Å². The van der Waals surface area contributed by atoms with Crippen molar-refractivity contribution in [1.29, 1.82) is 0 Å². The van der Waals surface area contributed by atoms with Crippen LogP contribution in [0.2, 0.25) is 0 Å². The van der Waals surface area contributed by atoms with E-state index in [4.69, 9.17) is 9.47 Å². The molecule has 8 heteroatoms. The number of halogens is 1. The number of benzene rings is 4. The van der Waals surface area contributed by atoms with E-state index in [9.17, 15) is 9.59 Å². The molecule has 0 bridgehead atoms. The zero-order valence-corrected chi connectivity index (χ0v) is 20.9. The fraction of sp³-hybridized carbons (Fsp3) is 0.0741. The van der Waals surface area contributed by atoms with E-state index in [-0.39, 0.29) is 0 Å². The highest BCUT2D eigenvalue weighted by molar-refractivity contribution is 14.1. The van der Waals surface area contributed by atoms with Crippen molar-refractivity contribution in [2.45, 2.75) is 6.61 Å². The highest BCUT2D eigenvalue weighted by Crippen LogP contribution is 2.34. The van der Waals surface area contributed by atoms with Crippen LogP contribution in [0.4, 0.5) is 0 Å². The first-order valence-electron chi connectivity index (χ1n) is 10.8. The van der Waals surface area contributed by atoms with Crippen molar-refractivity contribution in [3.63, 3.8) is 0 Å². The number of nitrogens with one attached hydrogen (secondary N) is 1. The van der Waals surface area contributed by atoms with Gasteiger partial charge in [-0.15, -0.1) is 4.68 Å². The Morgan fingerprint density at radius 3 is 2.54 bits per heavy atom. The summed E-state index contributed by atoms with van der Waals surface area (Å²) in [5.41, 5.74) is 1.10. The number of rotatable bonds is 6. The van der Waals surface area contributed by atoms with Crippen LogP contribution in [-0.2, 0) is 6.61 Å². The Kier molecular flexibility index (Phi) is 6.37. The number of fused-ring (bicyclic) bond motifs is 2. The van der Waals surface area contributed by atoms with Crippen LogP contribution >= 0.6 is 22.6 Å². The highest BCUT2D eigenvalue weighted by Gasteiger charge is 2.13. The van der Waals surface area contributed by atoms with Gasteiger partial charge in [-0.05, 0) is 68.8 Å². The number of hydrogen-bond acceptors (Lipinski definition) is 5. The molecular weight excluding hydrogens is 557 g/mol. The Morgan fingerprint density at radius 2 is 1.71 bits per heavy atom. The van der Waals surface area contributed by atoms with E-state index in [0.717, 1.165) is 24.6 Å². The number of para-hydroxylation sites is 1. The second kappa shape index (κ2) is 9.75. The molecule has 174 valence electrons. The number of nitrogens with zero attached hydrogens (tertiary/aromatic N) is 2. The molecule has 0 fully saturated rings. The first-order valence-corrected chi connectivity index (χ1v) is 11.9. The molecule has 0 atom stereocenters. The smallest absolute Gasteiger partial charge is 0.349 e. The minimum absolute atomic E-state index is 0.378. The van der Waals surface area contributed by atoms with Crippen molar-refractivity contribution in [3.05, 3.63) is 114 Å². The van der Waals surface area contributed by atoms with E-state index in [1.54, 1.807) is 37.4 Å². The maximum atomic E-state index is 12.7. The molecule has 1 N–H and O–H groups in total. The molecule has 5 aromatic rings. The number of aromatic amines is 1. The van der Waals surface area contributed by atoms with Gasteiger partial charge in [0.05, 0.1) is 27.8 Å². The molecule has 0 saturated carbocycles. The summed E-state index contributed by atoms with van der Waals surface area (Å²) in [6.07, 6.45) is 1.45. The van der Waals surface area contributed by atoms with Gasteiger partial charge in [0.25, 0.3) is 5.56 Å². The van der Waals surface area contributed by atoms with Crippen LogP contribution in [0.3, 0.4) is 0 Å². The van der Waals surface area contributed by atoms with Gasteiger partial charge < -0.3 is 14.5 Å². The van der Waals surface area contributed by atoms with Gasteiger partial charge in [0.2, 0.25) is 0 Å². The summed E-state index contributed by atoms with van der Waals surface area (Å²) in [5, 5.41) is 6.81. The van der Waals surface area contributed by atoms with Crippen LogP contribution < -0.4 is 20.7 Å². The number of ether oxygens (including phenoxy) is 2. The molecule has 0 unspecified atom stereocenters. The summed E-state index contributed by atoms with van der Waals surface area (Å²) in [5.74, 6) is 1.14. The van der Waals surface area contributed by atoms with Crippen LogP contribution in [0.25, 0.3) is 21.7 Å². The lowest BCUT2D eigenvalue weighted by Gasteiger charge is -2.14. The Morgan fingerprint density at radius 1 is 0.971 bits per heavy atom. The minimum Gasteiger partial charge on any atom is -0.493 e. The summed E-state index contributed by atoms with van der Waals surface area (Å²) in [7, 11) is 1.57. The molecule has 0 saturated heterocycles. The average Bonchev–Trinajstić information content (AvgIpc) is 2.87. The lowest BCUT2D eigenvalue weighted by Crippen LogP contribution is -2.32. The maximum Gasteiger partial charge on any atom is 0.349 e. The molecular formula is C27H20IN3O4. The Bertz CT molecular complexity index is 1700. The van der Waals surface area contributed by atoms with Crippen molar-refractivity contribution >= 4 is 50.5 Å². The van der Waals surface area contributed by atoms with E-state index in [1.807, 2.05) is 30.3 Å². The van der Waals surface area contributed by atoms with Crippen molar-refractivity contribution in [1.82, 2.24) is 9.66 Å². The van der Waals surface area contributed by atoms with E-state index in [0.29, 0.717) is 34.6 Å². The van der Waals surface area contributed by atoms with Gasteiger partial charge in [0.15, 0.2) is 11.5 Å². The zero-order chi connectivity index (χ0) is 24.4. The molecule has 0 amide bonds. The monoisotopic (exact) mass is 577 g/mol. The number of aromatic nitrogens is 2. The Labute approximate surface area is 213 Å². The normalized spacial score (nSPS) is 11.4. The highest BCUT2D eigenvalue weighted by atomic mass is 127. The SMILES string of the molecule is COc1cc(C=Nn2c(=O)[nH]c3ccccc3c2=O)cc(I)c1OCc1cccc2ccccc12. The topological polar surface area (TPSA) is 85.7 Å². The Balaban J connectivity index is 1.44. The zero-order valence-electron chi connectivity index (χ0n) is 18.7. The van der Waals surface area contributed by atoms with Crippen LogP contribution in [-0.4, -0.2) is 23.0 Å². The van der Waals surface area contributed by atoms with Gasteiger partial charge in [0, 0.05) is 0 Å². The largest absolute Gasteiger partial charge is 0.493 e. The fourth-order valence-electron chi connectivity index (χ4n) is 3.91. The molecule has 5 rings (SSSR count). The molecule has 0 spiro atoms. The molecule has 0 aliphatic heterocycles. The van der Waals surface area contributed by atoms with Gasteiger partial charge in [-0.1, -0.05) is 54.6 Å². The molecule has 4 aromatic carbocycles. The van der Waals surface area contributed by atoms with Gasteiger partial charge in [0.1, 0.15) is 6.61 Å². The quantitative estimate of drug-likeness (QED) is 0.230. The first-order chi connectivity index (χ1) is 17.0. The molecule has 7 nitrogen and oxygen atoms in total. The van der Waals surface area contributed by atoms with Crippen molar-refractivity contribution in [2.75, 3.05) is 7.11 Å². The summed E-state index contributed by atoms with van der Waals surface area (Å²) in [6, 6.07) is 24.7. The molecule has 0 aliphatic carbocycles. The summed E-state index contributed by atoms with van der Waals surface area (Å²) >= 11 is 2.17. The lowest BCUT2D eigenvalue weighted by atomic mass is 10.1. The van der Waals surface area contributed by atoms with Crippen LogP contribution in [0.15, 0.2) is 93.6 Å². The van der Waals surface area contributed by atoms with E-state index >= 15 is 0 Å². The van der Waals surface area contributed by atoms with Crippen LogP contribution in [0.1, 0.15) is 11.1 Å². The first kappa shape index (κ1) is 22.9. The summed E-state index contributed by atoms with van der Waals surface area (Å²) in [4.78, 5) is 27.8. The molecule has 0 radical (unpaired) electrons. The number of H-pyrrole nitrogens is 1. The second-order valence-corrected chi connectivity index (χ2v) is 8.96. The predicted molar refractivity (Wildman–Crippen MR) is 146 cm³/mol. The third-order valence-electron chi connectivity index (χ3n) is 5.61. The standard InChI is InChI=1S/C27H20IN3O4/c1-34-24-14-17(15-29-31-26(32)21-11-4-5-12-23(21)30-27(31)33)13-22(28)25(24)35-16-19-9-6-8-18-7-2-3-10-20(18)19/h2-15H,16H2,1H3,(H,30,33). The molecule has 0 aliphatic rings. The average molecular weight is 577 g/mol. The Hall–Kier alpha value is -3.92. The van der Waals surface area contributed by atoms with E-state index in [2.05, 4.69) is 50.9 Å². The van der Waals surface area contributed by atoms with Crippen molar-refractivity contribution < 1.29 is 9.47 Å². The number of hydrogen-bond donors (Lipinski definition) is 1. The second-order valence-electron chi connectivity index (χ2n) is 7.80. The fourth-order valence-corrected chi connectivity index (χ4v) is 4.69. The third kappa shape index (κ3) is 4.57. The van der Waals surface area contributed by atoms with Gasteiger partial charge in [-0.25, -0.2) is 4.79 Å². The maximum absolute atomic E-state index is 12.7. The van der Waals surface area contributed by atoms with Crippen molar-refractivity contribution in [3.8, 4) is 11.5 Å². The van der Waals surface area contributed by atoms with E-state index in [1.165, 1.54) is 6.21 Å². The molecule has 1 aromatic heterocycles. The van der Waals surface area contributed by atoms with Gasteiger partial charge in [-0.2, -0.15) is 5.10 Å². The summed E-state index contributed by atoms with van der Waals surface area (Å²) in [6.45, 7) is 0.378. The van der Waals surface area contributed by atoms with Gasteiger partial charge >= 0.3 is 5.69 Å².